The summed E-state index contributed by atoms with van der Waals surface area (Å²) < 4.78 is 20.1. The number of rotatable bonds is 7. The highest BCUT2D eigenvalue weighted by Gasteiger charge is 2.33. The highest BCUT2D eigenvalue weighted by atomic mass is 16.5. The standard InChI is InChI=1S/C17H27N5O9.C10H16N2O2.C5H12O.2C3H8/c1-29-14(26)8-20-16(28)17-22-13(25)7-18-12(24)6-19-15(27)11(21-10-23)9-30-4-2-3-5-31-17;13-8-12-7-3-4-9(12)10(14)11-5-1-2-6-11;1-5(2,3)6-4;2*1-3-2/h10-11,17H,2-9H2,1H3,(H,18,24)(H,19,27)(H,20,28)(H,21,23)(H,22,25);8-9H,1-7H2;1-4H3;2*3H2,1-2H3/t11?,17-;;;;/m0..../s1. The number of ether oxygens (including phenoxy) is 4. The molecule has 330 valence electrons. The Kier molecular flexibility index (Phi) is 32.4. The normalized spacial score (nSPS) is 20.5. The lowest BCUT2D eigenvalue weighted by Gasteiger charge is -2.24. The Morgan fingerprint density at radius 2 is 1.44 bits per heavy atom. The van der Waals surface area contributed by atoms with Crippen molar-refractivity contribution in [2.75, 3.05) is 73.3 Å². The van der Waals surface area contributed by atoms with Crippen LogP contribution in [0.3, 0.4) is 0 Å². The molecular formula is C38H71N7O12. The predicted octanol–water partition coefficient (Wildman–Crippen LogP) is 0.385. The molecular weight excluding hydrogens is 746 g/mol. The van der Waals surface area contributed by atoms with E-state index in [1.807, 2.05) is 25.7 Å². The van der Waals surface area contributed by atoms with Crippen LogP contribution in [0.2, 0.25) is 0 Å². The lowest BCUT2D eigenvalue weighted by Crippen LogP contribution is -2.52. The minimum absolute atomic E-state index is 0.0417. The molecule has 5 N–H and O–H groups in total. The van der Waals surface area contributed by atoms with Gasteiger partial charge in [0.05, 0.1) is 32.4 Å². The molecule has 0 radical (unpaired) electrons. The molecule has 0 saturated carbocycles. The molecule has 0 spiro atoms. The molecule has 2 unspecified atom stereocenters. The number of carbonyl (C=O) groups excluding carboxylic acids is 8. The van der Waals surface area contributed by atoms with E-state index in [0.717, 1.165) is 58.8 Å². The Morgan fingerprint density at radius 1 is 0.860 bits per heavy atom. The Morgan fingerprint density at radius 3 is 1.98 bits per heavy atom. The van der Waals surface area contributed by atoms with Crippen LogP contribution >= 0.6 is 0 Å². The van der Waals surface area contributed by atoms with Gasteiger partial charge in [0.1, 0.15) is 18.6 Å². The zero-order chi connectivity index (χ0) is 43.6. The van der Waals surface area contributed by atoms with E-state index in [9.17, 15) is 38.4 Å². The Bertz CT molecular complexity index is 1180. The van der Waals surface area contributed by atoms with Crippen LogP contribution in [0.5, 0.6) is 0 Å². The molecule has 19 heteroatoms. The number of carbonyl (C=O) groups is 8. The Labute approximate surface area is 338 Å². The average molecular weight is 818 g/mol. The van der Waals surface area contributed by atoms with Crippen molar-refractivity contribution in [1.29, 1.82) is 0 Å². The lowest BCUT2D eigenvalue weighted by atomic mass is 10.2. The van der Waals surface area contributed by atoms with Gasteiger partial charge in [-0.1, -0.05) is 40.5 Å². The third-order valence-corrected chi connectivity index (χ3v) is 7.62. The third-order valence-electron chi connectivity index (χ3n) is 7.62. The Balaban J connectivity index is 0. The summed E-state index contributed by atoms with van der Waals surface area (Å²) in [6.07, 6.45) is 7.24. The van der Waals surface area contributed by atoms with Crippen molar-refractivity contribution in [3.8, 4) is 0 Å². The van der Waals surface area contributed by atoms with Crippen molar-refractivity contribution in [3.63, 3.8) is 0 Å². The topological polar surface area (TPSA) is 240 Å². The van der Waals surface area contributed by atoms with Crippen LogP contribution in [0.1, 0.15) is 99.8 Å². The van der Waals surface area contributed by atoms with Gasteiger partial charge >= 0.3 is 5.97 Å². The van der Waals surface area contributed by atoms with Crippen LogP contribution in [-0.2, 0) is 57.3 Å². The molecule has 0 aromatic heterocycles. The highest BCUT2D eigenvalue weighted by Crippen LogP contribution is 2.19. The molecule has 7 amide bonds. The zero-order valence-corrected chi connectivity index (χ0v) is 35.7. The molecule has 0 aliphatic carbocycles. The lowest BCUT2D eigenvalue weighted by molar-refractivity contribution is -0.145. The van der Waals surface area contributed by atoms with Crippen LogP contribution < -0.4 is 26.6 Å². The fraction of sp³-hybridized carbons (Fsp3) is 0.789. The van der Waals surface area contributed by atoms with E-state index in [1.54, 1.807) is 12.0 Å². The maximum absolute atomic E-state index is 12.2. The van der Waals surface area contributed by atoms with Gasteiger partial charge in [0, 0.05) is 40.0 Å². The van der Waals surface area contributed by atoms with Gasteiger partial charge < -0.3 is 55.3 Å². The molecule has 3 aliphatic rings. The van der Waals surface area contributed by atoms with E-state index < -0.39 is 61.5 Å². The summed E-state index contributed by atoms with van der Waals surface area (Å²) in [4.78, 5) is 96.1. The molecule has 3 saturated heterocycles. The number of esters is 1. The van der Waals surface area contributed by atoms with Crippen LogP contribution in [-0.4, -0.2) is 155 Å². The second-order valence-corrected chi connectivity index (χ2v) is 14.0. The molecule has 3 atom stereocenters. The molecule has 0 bridgehead atoms. The molecule has 57 heavy (non-hydrogen) atoms. The first-order valence-corrected chi connectivity index (χ1v) is 19.7. The van der Waals surface area contributed by atoms with Gasteiger partial charge in [-0.25, -0.2) is 0 Å². The monoisotopic (exact) mass is 818 g/mol. The molecule has 3 rings (SSSR count). The van der Waals surface area contributed by atoms with Crippen molar-refractivity contribution >= 4 is 48.3 Å². The largest absolute Gasteiger partial charge is 0.468 e. The summed E-state index contributed by atoms with van der Waals surface area (Å²) in [7, 11) is 2.87. The summed E-state index contributed by atoms with van der Waals surface area (Å²) in [5, 5.41) is 11.4. The first-order chi connectivity index (χ1) is 27.1. The van der Waals surface area contributed by atoms with Gasteiger partial charge in [-0.15, -0.1) is 0 Å². The minimum Gasteiger partial charge on any atom is -0.468 e. The first-order valence-electron chi connectivity index (χ1n) is 19.7. The van der Waals surface area contributed by atoms with Gasteiger partial charge in [0.2, 0.25) is 42.7 Å². The van der Waals surface area contributed by atoms with E-state index in [1.165, 1.54) is 12.8 Å². The zero-order valence-electron chi connectivity index (χ0n) is 35.7. The van der Waals surface area contributed by atoms with Gasteiger partial charge in [0.15, 0.2) is 0 Å². The van der Waals surface area contributed by atoms with Crippen LogP contribution in [0.15, 0.2) is 0 Å². The molecule has 0 aromatic carbocycles. The van der Waals surface area contributed by atoms with Crippen molar-refractivity contribution in [2.24, 2.45) is 0 Å². The van der Waals surface area contributed by atoms with Crippen LogP contribution in [0, 0.1) is 0 Å². The molecule has 0 aromatic rings. The van der Waals surface area contributed by atoms with Gasteiger partial charge in [-0.3, -0.25) is 38.4 Å². The van der Waals surface area contributed by atoms with Gasteiger partial charge in [-0.05, 0) is 59.3 Å². The second kappa shape index (κ2) is 33.7. The van der Waals surface area contributed by atoms with E-state index in [0.29, 0.717) is 19.3 Å². The minimum atomic E-state index is -1.40. The fourth-order valence-electron chi connectivity index (χ4n) is 4.56. The SMILES string of the molecule is CCC.CCC.COC(=O)CNC(=O)[C@H]1NC(=O)CNC(=O)CNC(=O)C(NC=O)COCCCCO1.COC(C)(C)C.O=CN1CCCC1C(=O)N1CCCC1. The van der Waals surface area contributed by atoms with E-state index in [2.05, 4.69) is 59.0 Å². The molecule has 19 nitrogen and oxygen atoms in total. The number of amides is 7. The summed E-state index contributed by atoms with van der Waals surface area (Å²) in [5.41, 5.74) is 0.0417. The van der Waals surface area contributed by atoms with Gasteiger partial charge in [-0.2, -0.15) is 0 Å². The molecule has 3 heterocycles. The van der Waals surface area contributed by atoms with E-state index in [-0.39, 0.29) is 37.4 Å². The average Bonchev–Trinajstić information content (AvgIpc) is 3.90. The number of nitrogens with zero attached hydrogens (tertiary/aromatic N) is 2. The van der Waals surface area contributed by atoms with Gasteiger partial charge in [0.25, 0.3) is 5.91 Å². The van der Waals surface area contributed by atoms with Crippen LogP contribution in [0.25, 0.3) is 0 Å². The number of nitrogens with one attached hydrogen (secondary N) is 5. The maximum atomic E-state index is 12.2. The van der Waals surface area contributed by atoms with Crippen molar-refractivity contribution in [3.05, 3.63) is 0 Å². The fourth-order valence-corrected chi connectivity index (χ4v) is 4.56. The maximum Gasteiger partial charge on any atom is 0.325 e. The number of likely N-dealkylation sites (tertiary alicyclic amines) is 2. The Hall–Kier alpha value is -4.36. The molecule has 3 aliphatic heterocycles. The predicted molar refractivity (Wildman–Crippen MR) is 212 cm³/mol. The summed E-state index contributed by atoms with van der Waals surface area (Å²) in [6.45, 7) is 15.9. The summed E-state index contributed by atoms with van der Waals surface area (Å²) in [6, 6.07) is -1.14. The van der Waals surface area contributed by atoms with E-state index >= 15 is 0 Å². The second-order valence-electron chi connectivity index (χ2n) is 14.0. The van der Waals surface area contributed by atoms with E-state index in [4.69, 9.17) is 14.2 Å². The van der Waals surface area contributed by atoms with Crippen molar-refractivity contribution in [2.45, 2.75) is 124 Å². The molecule has 3 fully saturated rings. The third kappa shape index (κ3) is 27.8. The number of methoxy groups -OCH3 is 2. The number of hydrogen-bond donors (Lipinski definition) is 5. The quantitative estimate of drug-likeness (QED) is 0.173. The smallest absolute Gasteiger partial charge is 0.325 e. The van der Waals surface area contributed by atoms with Crippen molar-refractivity contribution < 1.29 is 57.3 Å². The highest BCUT2D eigenvalue weighted by molar-refractivity contribution is 5.92. The summed E-state index contributed by atoms with van der Waals surface area (Å²) in [5.74, 6) is -3.32. The van der Waals surface area contributed by atoms with Crippen LogP contribution in [0.4, 0.5) is 0 Å². The summed E-state index contributed by atoms with van der Waals surface area (Å²) >= 11 is 0. The van der Waals surface area contributed by atoms with Crippen molar-refractivity contribution in [1.82, 2.24) is 36.4 Å². The number of hydrogen-bond acceptors (Lipinski definition) is 12. The first kappa shape index (κ1) is 54.7.